The minimum absolute atomic E-state index is 0.00796. The van der Waals surface area contributed by atoms with E-state index < -0.39 is 17.5 Å². The first-order valence-electron chi connectivity index (χ1n) is 6.56. The molecule has 1 fully saturated rings. The van der Waals surface area contributed by atoms with E-state index in [1.807, 2.05) is 0 Å². The van der Waals surface area contributed by atoms with Crippen LogP contribution in [-0.4, -0.2) is 47.0 Å². The molecule has 1 aromatic rings. The van der Waals surface area contributed by atoms with Crippen LogP contribution in [0.1, 0.15) is 19.0 Å². The smallest absolute Gasteiger partial charge is 0.386 e. The summed E-state index contributed by atoms with van der Waals surface area (Å²) in [6, 6.07) is 0.819. The van der Waals surface area contributed by atoms with Gasteiger partial charge in [-0.25, -0.2) is 4.98 Å². The molecule has 1 aliphatic rings. The van der Waals surface area contributed by atoms with E-state index in [1.165, 1.54) is 0 Å². The van der Waals surface area contributed by atoms with Gasteiger partial charge in [-0.2, -0.15) is 18.2 Å². The van der Waals surface area contributed by atoms with Crippen LogP contribution in [0.2, 0.25) is 0 Å². The van der Waals surface area contributed by atoms with Crippen molar-refractivity contribution < 1.29 is 23.0 Å². The van der Waals surface area contributed by atoms with Crippen LogP contribution in [0, 0.1) is 0 Å². The number of hydrogen-bond acceptors (Lipinski definition) is 6. The highest BCUT2D eigenvalue weighted by Crippen LogP contribution is 2.30. The van der Waals surface area contributed by atoms with Crippen molar-refractivity contribution >= 4 is 11.8 Å². The first-order chi connectivity index (χ1) is 9.82. The molecule has 0 amide bonds. The lowest BCUT2D eigenvalue weighted by Crippen LogP contribution is -2.37. The van der Waals surface area contributed by atoms with Gasteiger partial charge in [-0.05, 0) is 6.92 Å². The first kappa shape index (κ1) is 15.8. The summed E-state index contributed by atoms with van der Waals surface area (Å²) in [6.07, 6.45) is -4.13. The van der Waals surface area contributed by atoms with Gasteiger partial charge in [-0.3, -0.25) is 0 Å². The van der Waals surface area contributed by atoms with E-state index in [0.717, 1.165) is 6.07 Å². The summed E-state index contributed by atoms with van der Waals surface area (Å²) < 4.78 is 43.4. The van der Waals surface area contributed by atoms with Gasteiger partial charge in [-0.15, -0.1) is 0 Å². The van der Waals surface area contributed by atoms with Crippen molar-refractivity contribution in [3.8, 4) is 0 Å². The molecule has 1 atom stereocenters. The Morgan fingerprint density at radius 1 is 1.38 bits per heavy atom. The average Bonchev–Trinajstić information content (AvgIpc) is 2.83. The molecule has 0 spiro atoms. The zero-order valence-electron chi connectivity index (χ0n) is 11.5. The summed E-state index contributed by atoms with van der Waals surface area (Å²) in [5.41, 5.74) is -2.12. The zero-order valence-corrected chi connectivity index (χ0v) is 11.5. The molecule has 0 aromatic carbocycles. The van der Waals surface area contributed by atoms with Gasteiger partial charge < -0.3 is 20.5 Å². The monoisotopic (exact) mass is 306 g/mol. The highest BCUT2D eigenvalue weighted by atomic mass is 19.4. The van der Waals surface area contributed by atoms with E-state index in [-0.39, 0.29) is 24.9 Å². The lowest BCUT2D eigenvalue weighted by molar-refractivity contribution is -0.141. The number of alkyl halides is 3. The topological polar surface area (TPSA) is 79.3 Å². The lowest BCUT2D eigenvalue weighted by atomic mass is 10.0. The average molecular weight is 306 g/mol. The van der Waals surface area contributed by atoms with Crippen molar-refractivity contribution in [2.45, 2.75) is 25.1 Å². The minimum Gasteiger partial charge on any atom is -0.386 e. The van der Waals surface area contributed by atoms with Crippen LogP contribution >= 0.6 is 0 Å². The van der Waals surface area contributed by atoms with E-state index in [4.69, 9.17) is 4.74 Å². The van der Waals surface area contributed by atoms with E-state index in [1.54, 1.807) is 6.92 Å². The molecule has 1 aromatic heterocycles. The molecular formula is C12H17F3N4O2. The maximum atomic E-state index is 12.8. The fourth-order valence-corrected chi connectivity index (χ4v) is 1.91. The van der Waals surface area contributed by atoms with Gasteiger partial charge in [-0.1, -0.05) is 0 Å². The third-order valence-corrected chi connectivity index (χ3v) is 3.03. The molecule has 1 unspecified atom stereocenters. The SMILES string of the molecule is CCNc1nc(NCC2(O)CCOC2)cc(C(F)(F)F)n1. The number of halogens is 3. The number of aromatic nitrogens is 2. The second-order valence-corrected chi connectivity index (χ2v) is 4.87. The molecule has 1 saturated heterocycles. The van der Waals surface area contributed by atoms with Gasteiger partial charge >= 0.3 is 6.18 Å². The van der Waals surface area contributed by atoms with Gasteiger partial charge in [0.1, 0.15) is 11.4 Å². The Hall–Kier alpha value is -1.61. The third-order valence-electron chi connectivity index (χ3n) is 3.03. The molecule has 0 bridgehead atoms. The highest BCUT2D eigenvalue weighted by Gasteiger charge is 2.35. The standard InChI is InChI=1S/C12H17F3N4O2/c1-2-16-10-18-8(12(13,14)15)5-9(19-10)17-6-11(20)3-4-21-7-11/h5,20H,2-4,6-7H2,1H3,(H2,16,17,18,19). The predicted molar refractivity (Wildman–Crippen MR) is 70.1 cm³/mol. The Bertz CT molecular complexity index is 490. The Morgan fingerprint density at radius 2 is 2.14 bits per heavy atom. The minimum atomic E-state index is -4.56. The molecule has 0 saturated carbocycles. The van der Waals surface area contributed by atoms with E-state index in [0.29, 0.717) is 19.6 Å². The maximum absolute atomic E-state index is 12.8. The molecule has 6 nitrogen and oxygen atoms in total. The van der Waals surface area contributed by atoms with E-state index >= 15 is 0 Å². The maximum Gasteiger partial charge on any atom is 0.433 e. The van der Waals surface area contributed by atoms with Crippen LogP contribution in [0.3, 0.4) is 0 Å². The summed E-state index contributed by atoms with van der Waals surface area (Å²) in [4.78, 5) is 7.36. The molecule has 1 aliphatic heterocycles. The largest absolute Gasteiger partial charge is 0.433 e. The van der Waals surface area contributed by atoms with Crippen LogP contribution in [0.15, 0.2) is 6.07 Å². The number of anilines is 2. The Kier molecular flexibility index (Phi) is 4.52. The van der Waals surface area contributed by atoms with Crippen molar-refractivity contribution in [3.63, 3.8) is 0 Å². The molecule has 118 valence electrons. The Labute approximate surface area is 119 Å². The van der Waals surface area contributed by atoms with E-state index in [2.05, 4.69) is 20.6 Å². The molecule has 2 rings (SSSR count). The second-order valence-electron chi connectivity index (χ2n) is 4.87. The zero-order chi connectivity index (χ0) is 15.5. The number of ether oxygens (including phenoxy) is 1. The van der Waals surface area contributed by atoms with Gasteiger partial charge in [0.15, 0.2) is 5.69 Å². The predicted octanol–water partition coefficient (Wildman–Crippen LogP) is 1.49. The van der Waals surface area contributed by atoms with Crippen LogP contribution in [0.5, 0.6) is 0 Å². The van der Waals surface area contributed by atoms with Gasteiger partial charge in [0.25, 0.3) is 0 Å². The molecule has 2 heterocycles. The van der Waals surface area contributed by atoms with Crippen molar-refractivity contribution in [1.29, 1.82) is 0 Å². The number of nitrogens with zero attached hydrogens (tertiary/aromatic N) is 2. The fourth-order valence-electron chi connectivity index (χ4n) is 1.91. The molecule has 0 aliphatic carbocycles. The van der Waals surface area contributed by atoms with Crippen molar-refractivity contribution in [3.05, 3.63) is 11.8 Å². The molecular weight excluding hydrogens is 289 g/mol. The Morgan fingerprint density at radius 3 is 2.71 bits per heavy atom. The number of hydrogen-bond donors (Lipinski definition) is 3. The third kappa shape index (κ3) is 4.18. The summed E-state index contributed by atoms with van der Waals surface area (Å²) in [5.74, 6) is -0.0990. The van der Waals surface area contributed by atoms with Crippen molar-refractivity contribution in [1.82, 2.24) is 9.97 Å². The summed E-state index contributed by atoms with van der Waals surface area (Å²) in [6.45, 7) is 2.77. The Balaban J connectivity index is 2.15. The van der Waals surface area contributed by atoms with Crippen molar-refractivity contribution in [2.75, 3.05) is 36.9 Å². The van der Waals surface area contributed by atoms with Crippen LogP contribution < -0.4 is 10.6 Å². The molecule has 0 radical (unpaired) electrons. The van der Waals surface area contributed by atoms with Gasteiger partial charge in [0.2, 0.25) is 5.95 Å². The number of rotatable bonds is 5. The summed E-state index contributed by atoms with van der Waals surface area (Å²) in [5, 5.41) is 15.5. The number of nitrogens with one attached hydrogen (secondary N) is 2. The van der Waals surface area contributed by atoms with Crippen LogP contribution in [-0.2, 0) is 10.9 Å². The van der Waals surface area contributed by atoms with Gasteiger partial charge in [0.05, 0.1) is 6.61 Å². The van der Waals surface area contributed by atoms with E-state index in [9.17, 15) is 18.3 Å². The lowest BCUT2D eigenvalue weighted by Gasteiger charge is -2.21. The first-order valence-corrected chi connectivity index (χ1v) is 6.56. The number of aliphatic hydroxyl groups is 1. The molecule has 3 N–H and O–H groups in total. The molecule has 9 heteroatoms. The summed E-state index contributed by atoms with van der Waals surface area (Å²) in [7, 11) is 0. The van der Waals surface area contributed by atoms with Crippen molar-refractivity contribution in [2.24, 2.45) is 0 Å². The fraction of sp³-hybridized carbons (Fsp3) is 0.667. The highest BCUT2D eigenvalue weighted by molar-refractivity contribution is 5.43. The summed E-state index contributed by atoms with van der Waals surface area (Å²) >= 11 is 0. The quantitative estimate of drug-likeness (QED) is 0.765. The normalized spacial score (nSPS) is 22.3. The van der Waals surface area contributed by atoms with Crippen LogP contribution in [0.4, 0.5) is 24.9 Å². The second kappa shape index (κ2) is 6.02. The molecule has 21 heavy (non-hydrogen) atoms. The van der Waals surface area contributed by atoms with Gasteiger partial charge in [0, 0.05) is 32.2 Å². The van der Waals surface area contributed by atoms with Crippen LogP contribution in [0.25, 0.3) is 0 Å².